The maximum atomic E-state index is 6.31. The molecule has 0 spiro atoms. The first-order chi connectivity index (χ1) is 19.3. The molecule has 3 rings (SSSR count). The lowest BCUT2D eigenvalue weighted by Gasteiger charge is -2.14. The predicted molar refractivity (Wildman–Crippen MR) is 174 cm³/mol. The van der Waals surface area contributed by atoms with Gasteiger partial charge in [-0.1, -0.05) is 74.5 Å². The molecular formula is C34H49N3O2S. The van der Waals surface area contributed by atoms with Crippen LogP contribution in [-0.4, -0.2) is 29.3 Å². The number of benzene rings is 1. The smallest absolute Gasteiger partial charge is 0.171 e. The van der Waals surface area contributed by atoms with Crippen molar-refractivity contribution in [1.82, 2.24) is 5.16 Å². The third kappa shape index (κ3) is 9.97. The molecule has 0 aliphatic carbocycles. The van der Waals surface area contributed by atoms with Crippen LogP contribution in [-0.2, 0) is 10.5 Å². The lowest BCUT2D eigenvalue weighted by molar-refractivity contribution is 0.0700. The van der Waals surface area contributed by atoms with Gasteiger partial charge < -0.3 is 15.0 Å². The summed E-state index contributed by atoms with van der Waals surface area (Å²) in [4.78, 5) is 4.39. The number of aliphatic imine (C=N–C) groups is 1. The summed E-state index contributed by atoms with van der Waals surface area (Å²) < 4.78 is 11.4. The van der Waals surface area contributed by atoms with E-state index in [1.165, 1.54) is 24.0 Å². The second-order valence-electron chi connectivity index (χ2n) is 10.2. The summed E-state index contributed by atoms with van der Waals surface area (Å²) in [6, 6.07) is 10.2. The second kappa shape index (κ2) is 17.8. The zero-order valence-corrected chi connectivity index (χ0v) is 26.4. The van der Waals surface area contributed by atoms with Gasteiger partial charge in [0.25, 0.3) is 0 Å². The van der Waals surface area contributed by atoms with Gasteiger partial charge in [-0.05, 0) is 71.4 Å². The minimum Gasteiger partial charge on any atom is -0.398 e. The maximum absolute atomic E-state index is 6.31. The fraction of sp³-hybridized carbons (Fsp3) is 0.471. The van der Waals surface area contributed by atoms with E-state index in [2.05, 4.69) is 62.6 Å². The molecule has 0 saturated carbocycles. The topological polar surface area (TPSA) is 73.6 Å². The van der Waals surface area contributed by atoms with Gasteiger partial charge in [0.15, 0.2) is 5.76 Å². The lowest BCUT2D eigenvalue weighted by Crippen LogP contribution is -2.11. The molecule has 0 bridgehead atoms. The number of thioether (sulfide) groups is 1. The summed E-state index contributed by atoms with van der Waals surface area (Å²) in [6.07, 6.45) is 12.1. The zero-order valence-electron chi connectivity index (χ0n) is 25.6. The van der Waals surface area contributed by atoms with E-state index in [0.29, 0.717) is 12.2 Å². The molecule has 2 aromatic rings. The molecule has 1 fully saturated rings. The first kappa shape index (κ1) is 33.4. The fourth-order valence-corrected chi connectivity index (χ4v) is 5.65. The number of allylic oxidation sites excluding steroid dienone is 5. The summed E-state index contributed by atoms with van der Waals surface area (Å²) >= 11 is 1.91. The first-order valence-electron chi connectivity index (χ1n) is 14.5. The van der Waals surface area contributed by atoms with Gasteiger partial charge in [-0.3, -0.25) is 4.99 Å². The highest BCUT2D eigenvalue weighted by Crippen LogP contribution is 2.31. The Kier molecular flexibility index (Phi) is 14.8. The minimum absolute atomic E-state index is 0.408. The van der Waals surface area contributed by atoms with Crippen molar-refractivity contribution in [2.45, 2.75) is 98.5 Å². The molecule has 0 amide bonds. The highest BCUT2D eigenvalue weighted by atomic mass is 32.2. The first-order valence-corrected chi connectivity index (χ1v) is 15.6. The number of nitrogens with zero attached hydrogens (tertiary/aromatic N) is 2. The van der Waals surface area contributed by atoms with Gasteiger partial charge in [0.1, 0.15) is 0 Å². The molecule has 1 aromatic heterocycles. The predicted octanol–water partition coefficient (Wildman–Crippen LogP) is 9.36. The van der Waals surface area contributed by atoms with Crippen LogP contribution in [0.3, 0.4) is 0 Å². The Morgan fingerprint density at radius 3 is 2.50 bits per heavy atom. The van der Waals surface area contributed by atoms with E-state index in [-0.39, 0.29) is 0 Å². The molecule has 2 N–H and O–H groups in total. The Balaban J connectivity index is 0.000000283. The standard InChI is InChI=1S/C17H28N2.C17H21NO2S/c1-7-11-12-15(9-3)16(14(6)19-10-4)17(18)13(5)8-2;1-12-8-9-15(19-12)10-21-11-16-13(2)18-20-17(16)14-6-4-3-5-7-14/h9-10,12H,3,7-8,11,18H2,1-2,4-6H3;3-7,12,15H,8-11H2,1-2H3/b15-12-,16-14-,17-13-,19-10?;. The van der Waals surface area contributed by atoms with Crippen molar-refractivity contribution in [1.29, 1.82) is 0 Å². The quantitative estimate of drug-likeness (QED) is 0.206. The number of hydrogen-bond acceptors (Lipinski definition) is 6. The van der Waals surface area contributed by atoms with E-state index in [1.54, 1.807) is 6.21 Å². The highest BCUT2D eigenvalue weighted by molar-refractivity contribution is 7.98. The maximum Gasteiger partial charge on any atom is 0.171 e. The minimum atomic E-state index is 0.408. The normalized spacial score (nSPS) is 18.7. The van der Waals surface area contributed by atoms with Gasteiger partial charge in [-0.25, -0.2) is 0 Å². The van der Waals surface area contributed by atoms with Crippen LogP contribution in [0.1, 0.15) is 84.9 Å². The third-order valence-electron chi connectivity index (χ3n) is 7.00. The van der Waals surface area contributed by atoms with Crippen LogP contribution in [0.2, 0.25) is 0 Å². The number of ether oxygens (including phenoxy) is 1. The largest absolute Gasteiger partial charge is 0.398 e. The van der Waals surface area contributed by atoms with Gasteiger partial charge in [0.2, 0.25) is 0 Å². The SMILES string of the molecule is C=CC(=C/CCC)/C(=C(\C)N=CC)C(/N)=C(\C)CC.Cc1noc(-c2ccccc2)c1CSCC1CCC(C)O1. The van der Waals surface area contributed by atoms with Crippen molar-refractivity contribution in [2.24, 2.45) is 10.7 Å². The van der Waals surface area contributed by atoms with Crippen LogP contribution >= 0.6 is 11.8 Å². The summed E-state index contributed by atoms with van der Waals surface area (Å²) in [6.45, 7) is 18.3. The van der Waals surface area contributed by atoms with Gasteiger partial charge >= 0.3 is 0 Å². The Bertz CT molecular complexity index is 1190. The molecule has 1 aliphatic heterocycles. The number of rotatable bonds is 12. The fourth-order valence-electron chi connectivity index (χ4n) is 4.48. The Morgan fingerprint density at radius 1 is 1.20 bits per heavy atom. The molecule has 2 heterocycles. The van der Waals surface area contributed by atoms with Crippen LogP contribution in [0.25, 0.3) is 11.3 Å². The van der Waals surface area contributed by atoms with Crippen LogP contribution in [0.4, 0.5) is 0 Å². The van der Waals surface area contributed by atoms with Crippen molar-refractivity contribution < 1.29 is 9.26 Å². The van der Waals surface area contributed by atoms with Crippen LogP contribution in [0.15, 0.2) is 86.7 Å². The highest BCUT2D eigenvalue weighted by Gasteiger charge is 2.22. The molecule has 40 heavy (non-hydrogen) atoms. The van der Waals surface area contributed by atoms with Gasteiger partial charge in [-0.2, -0.15) is 11.8 Å². The average molecular weight is 564 g/mol. The van der Waals surface area contributed by atoms with Crippen molar-refractivity contribution in [3.8, 4) is 11.3 Å². The second-order valence-corrected chi connectivity index (χ2v) is 11.2. The summed E-state index contributed by atoms with van der Waals surface area (Å²) in [5.41, 5.74) is 14.6. The van der Waals surface area contributed by atoms with E-state index < -0.39 is 0 Å². The third-order valence-corrected chi connectivity index (χ3v) is 8.10. The van der Waals surface area contributed by atoms with E-state index in [0.717, 1.165) is 70.3 Å². The molecule has 218 valence electrons. The summed E-state index contributed by atoms with van der Waals surface area (Å²) in [7, 11) is 0. The Hall–Kier alpha value is -2.83. The van der Waals surface area contributed by atoms with Crippen molar-refractivity contribution in [3.05, 3.63) is 88.4 Å². The molecule has 1 aromatic carbocycles. The molecular weight excluding hydrogens is 514 g/mol. The van der Waals surface area contributed by atoms with Gasteiger partial charge in [-0.15, -0.1) is 0 Å². The number of aromatic nitrogens is 1. The summed E-state index contributed by atoms with van der Waals surface area (Å²) in [5.74, 6) is 2.87. The summed E-state index contributed by atoms with van der Waals surface area (Å²) in [5, 5.41) is 4.14. The number of aryl methyl sites for hydroxylation is 1. The zero-order chi connectivity index (χ0) is 29.5. The van der Waals surface area contributed by atoms with Gasteiger partial charge in [0.05, 0.1) is 17.9 Å². The Labute approximate surface area is 246 Å². The number of hydrogen-bond donors (Lipinski definition) is 1. The van der Waals surface area contributed by atoms with E-state index in [4.69, 9.17) is 15.0 Å². The van der Waals surface area contributed by atoms with E-state index in [9.17, 15) is 0 Å². The molecule has 5 nitrogen and oxygen atoms in total. The number of nitrogens with two attached hydrogens (primary N) is 1. The number of unbranched alkanes of at least 4 members (excludes halogenated alkanes) is 1. The van der Waals surface area contributed by atoms with E-state index >= 15 is 0 Å². The molecule has 6 heteroatoms. The molecule has 1 saturated heterocycles. The molecule has 0 radical (unpaired) electrons. The van der Waals surface area contributed by atoms with Crippen LogP contribution < -0.4 is 5.73 Å². The van der Waals surface area contributed by atoms with Crippen molar-refractivity contribution in [2.75, 3.05) is 5.75 Å². The van der Waals surface area contributed by atoms with Crippen molar-refractivity contribution >= 4 is 18.0 Å². The average Bonchev–Trinajstić information content (AvgIpc) is 3.55. The molecule has 2 atom stereocenters. The van der Waals surface area contributed by atoms with Gasteiger partial charge in [0, 0.05) is 45.8 Å². The molecule has 1 aliphatic rings. The van der Waals surface area contributed by atoms with Crippen LogP contribution in [0, 0.1) is 6.92 Å². The monoisotopic (exact) mass is 563 g/mol. The van der Waals surface area contributed by atoms with Crippen LogP contribution in [0.5, 0.6) is 0 Å². The lowest BCUT2D eigenvalue weighted by atomic mass is 9.96. The molecule has 2 unspecified atom stereocenters. The van der Waals surface area contributed by atoms with E-state index in [1.807, 2.05) is 56.8 Å². The Morgan fingerprint density at radius 2 is 1.93 bits per heavy atom. The van der Waals surface area contributed by atoms with Crippen molar-refractivity contribution in [3.63, 3.8) is 0 Å².